The minimum Gasteiger partial charge on any atom is -0.382 e. The van der Waals surface area contributed by atoms with E-state index in [0.29, 0.717) is 12.1 Å². The molecule has 2 unspecified atom stereocenters. The van der Waals surface area contributed by atoms with E-state index in [2.05, 4.69) is 24.1 Å². The molecule has 1 heterocycles. The van der Waals surface area contributed by atoms with Crippen LogP contribution in [0.2, 0.25) is 0 Å². The van der Waals surface area contributed by atoms with Gasteiger partial charge in [0.05, 0.1) is 13.2 Å². The largest absolute Gasteiger partial charge is 0.382 e. The van der Waals surface area contributed by atoms with Gasteiger partial charge in [-0.3, -0.25) is 4.90 Å². The highest BCUT2D eigenvalue weighted by Gasteiger charge is 2.41. The second-order valence-corrected chi connectivity index (χ2v) is 6.63. The SMILES string of the molecule is CCC1(C)CN(CCCOCCOC)C(C2CC2)CN1. The molecule has 1 saturated carbocycles. The van der Waals surface area contributed by atoms with Crippen LogP contribution in [0, 0.1) is 5.92 Å². The van der Waals surface area contributed by atoms with E-state index in [-0.39, 0.29) is 0 Å². The molecular weight excluding hydrogens is 252 g/mol. The molecule has 0 aromatic carbocycles. The Morgan fingerprint density at radius 3 is 2.70 bits per heavy atom. The number of nitrogens with one attached hydrogen (secondary N) is 1. The number of nitrogens with zero attached hydrogens (tertiary/aromatic N) is 1. The van der Waals surface area contributed by atoms with Crippen molar-refractivity contribution in [2.75, 3.05) is 46.6 Å². The predicted octanol–water partition coefficient (Wildman–Crippen LogP) is 1.89. The lowest BCUT2D eigenvalue weighted by Crippen LogP contribution is -2.63. The van der Waals surface area contributed by atoms with E-state index in [0.717, 1.165) is 31.6 Å². The summed E-state index contributed by atoms with van der Waals surface area (Å²) in [6, 6.07) is 0.758. The quantitative estimate of drug-likeness (QED) is 0.656. The van der Waals surface area contributed by atoms with Gasteiger partial charge in [-0.15, -0.1) is 0 Å². The molecule has 2 aliphatic rings. The normalized spacial score (nSPS) is 31.6. The maximum absolute atomic E-state index is 5.59. The Morgan fingerprint density at radius 1 is 1.25 bits per heavy atom. The first kappa shape index (κ1) is 16.2. The van der Waals surface area contributed by atoms with Crippen LogP contribution in [-0.4, -0.2) is 63.0 Å². The first-order valence-corrected chi connectivity index (χ1v) is 8.24. The van der Waals surface area contributed by atoms with Gasteiger partial charge in [0.25, 0.3) is 0 Å². The molecule has 2 fully saturated rings. The van der Waals surface area contributed by atoms with Crippen LogP contribution in [0.1, 0.15) is 39.5 Å². The van der Waals surface area contributed by atoms with Gasteiger partial charge >= 0.3 is 0 Å². The number of hydrogen-bond donors (Lipinski definition) is 1. The number of piperazine rings is 1. The molecule has 2 atom stereocenters. The van der Waals surface area contributed by atoms with Crippen molar-refractivity contribution < 1.29 is 9.47 Å². The summed E-state index contributed by atoms with van der Waals surface area (Å²) in [5.74, 6) is 0.943. The van der Waals surface area contributed by atoms with Gasteiger partial charge in [-0.1, -0.05) is 6.92 Å². The van der Waals surface area contributed by atoms with E-state index in [1.807, 2.05) is 0 Å². The fourth-order valence-corrected chi connectivity index (χ4v) is 3.14. The Labute approximate surface area is 124 Å². The molecule has 0 bridgehead atoms. The zero-order valence-corrected chi connectivity index (χ0v) is 13.5. The first-order chi connectivity index (χ1) is 9.68. The summed E-state index contributed by atoms with van der Waals surface area (Å²) in [5, 5.41) is 3.78. The lowest BCUT2D eigenvalue weighted by Gasteiger charge is -2.46. The summed E-state index contributed by atoms with van der Waals surface area (Å²) < 4.78 is 10.6. The lowest BCUT2D eigenvalue weighted by atomic mass is 9.92. The van der Waals surface area contributed by atoms with E-state index in [9.17, 15) is 0 Å². The first-order valence-electron chi connectivity index (χ1n) is 8.24. The summed E-state index contributed by atoms with van der Waals surface area (Å²) in [6.45, 7) is 10.4. The van der Waals surface area contributed by atoms with Crippen LogP contribution in [0.4, 0.5) is 0 Å². The van der Waals surface area contributed by atoms with Gasteiger partial charge in [-0.25, -0.2) is 0 Å². The third-order valence-corrected chi connectivity index (χ3v) is 4.87. The molecule has 1 saturated heterocycles. The Kier molecular flexibility index (Phi) is 6.27. The average molecular weight is 284 g/mol. The van der Waals surface area contributed by atoms with Crippen molar-refractivity contribution >= 4 is 0 Å². The van der Waals surface area contributed by atoms with Crippen molar-refractivity contribution in [2.24, 2.45) is 5.92 Å². The van der Waals surface area contributed by atoms with Crippen LogP contribution < -0.4 is 5.32 Å². The fourth-order valence-electron chi connectivity index (χ4n) is 3.14. The molecule has 0 amide bonds. The molecule has 1 N–H and O–H groups in total. The molecule has 0 radical (unpaired) electrons. The molecule has 4 heteroatoms. The third-order valence-electron chi connectivity index (χ3n) is 4.87. The lowest BCUT2D eigenvalue weighted by molar-refractivity contribution is 0.0440. The van der Waals surface area contributed by atoms with Crippen molar-refractivity contribution in [1.29, 1.82) is 0 Å². The fraction of sp³-hybridized carbons (Fsp3) is 1.00. The minimum atomic E-state index is 0.294. The number of methoxy groups -OCH3 is 1. The van der Waals surface area contributed by atoms with Crippen molar-refractivity contribution in [3.05, 3.63) is 0 Å². The summed E-state index contributed by atoms with van der Waals surface area (Å²) in [7, 11) is 1.72. The van der Waals surface area contributed by atoms with Gasteiger partial charge < -0.3 is 14.8 Å². The van der Waals surface area contributed by atoms with E-state index in [4.69, 9.17) is 9.47 Å². The Bertz CT molecular complexity index is 284. The molecule has 0 spiro atoms. The van der Waals surface area contributed by atoms with Gasteiger partial charge in [0.2, 0.25) is 0 Å². The maximum Gasteiger partial charge on any atom is 0.0700 e. The summed E-state index contributed by atoms with van der Waals surface area (Å²) in [4.78, 5) is 2.72. The Hall–Kier alpha value is -0.160. The van der Waals surface area contributed by atoms with Crippen LogP contribution in [0.3, 0.4) is 0 Å². The highest BCUT2D eigenvalue weighted by molar-refractivity contribution is 4.99. The second-order valence-electron chi connectivity index (χ2n) is 6.63. The summed E-state index contributed by atoms with van der Waals surface area (Å²) in [6.07, 6.45) is 5.18. The highest BCUT2D eigenvalue weighted by Crippen LogP contribution is 2.37. The van der Waals surface area contributed by atoms with Crippen molar-refractivity contribution in [3.8, 4) is 0 Å². The minimum absolute atomic E-state index is 0.294. The van der Waals surface area contributed by atoms with Gasteiger partial charge in [-0.2, -0.15) is 0 Å². The zero-order valence-electron chi connectivity index (χ0n) is 13.5. The molecule has 2 rings (SSSR count). The maximum atomic E-state index is 5.59. The average Bonchev–Trinajstić information content (AvgIpc) is 3.27. The van der Waals surface area contributed by atoms with Gasteiger partial charge in [0, 0.05) is 44.9 Å². The van der Waals surface area contributed by atoms with E-state index < -0.39 is 0 Å². The molecule has 1 aliphatic heterocycles. The van der Waals surface area contributed by atoms with E-state index in [1.54, 1.807) is 7.11 Å². The van der Waals surface area contributed by atoms with Crippen molar-refractivity contribution in [2.45, 2.75) is 51.1 Å². The number of hydrogen-bond acceptors (Lipinski definition) is 4. The van der Waals surface area contributed by atoms with Crippen LogP contribution >= 0.6 is 0 Å². The molecule has 0 aromatic heterocycles. The molecule has 0 aromatic rings. The third kappa shape index (κ3) is 4.69. The van der Waals surface area contributed by atoms with Crippen molar-refractivity contribution in [3.63, 3.8) is 0 Å². The van der Waals surface area contributed by atoms with Gasteiger partial charge in [-0.05, 0) is 38.5 Å². The number of rotatable bonds is 9. The smallest absolute Gasteiger partial charge is 0.0700 e. The number of ether oxygens (including phenoxy) is 2. The molecule has 118 valence electrons. The molecule has 20 heavy (non-hydrogen) atoms. The molecule has 1 aliphatic carbocycles. The van der Waals surface area contributed by atoms with Gasteiger partial charge in [0.1, 0.15) is 0 Å². The van der Waals surface area contributed by atoms with E-state index >= 15 is 0 Å². The van der Waals surface area contributed by atoms with Crippen LogP contribution in [0.15, 0.2) is 0 Å². The second kappa shape index (κ2) is 7.74. The molecule has 4 nitrogen and oxygen atoms in total. The molecular formula is C16H32N2O2. The van der Waals surface area contributed by atoms with Crippen LogP contribution in [0.5, 0.6) is 0 Å². The van der Waals surface area contributed by atoms with Crippen LogP contribution in [0.25, 0.3) is 0 Å². The summed E-state index contributed by atoms with van der Waals surface area (Å²) >= 11 is 0. The monoisotopic (exact) mass is 284 g/mol. The Morgan fingerprint density at radius 2 is 2.05 bits per heavy atom. The van der Waals surface area contributed by atoms with E-state index in [1.165, 1.54) is 38.9 Å². The topological polar surface area (TPSA) is 33.7 Å². The van der Waals surface area contributed by atoms with Crippen molar-refractivity contribution in [1.82, 2.24) is 10.2 Å². The summed E-state index contributed by atoms with van der Waals surface area (Å²) in [5.41, 5.74) is 0.294. The standard InChI is InChI=1S/C16H32N2O2/c1-4-16(2)13-18(8-5-9-20-11-10-19-3)15(12-17-16)14-6-7-14/h14-15,17H,4-13H2,1-3H3. The predicted molar refractivity (Wildman–Crippen MR) is 82.1 cm³/mol. The Balaban J connectivity index is 1.72. The van der Waals surface area contributed by atoms with Gasteiger partial charge in [0.15, 0.2) is 0 Å². The zero-order chi connectivity index (χ0) is 14.4. The van der Waals surface area contributed by atoms with Crippen LogP contribution in [-0.2, 0) is 9.47 Å². The highest BCUT2D eigenvalue weighted by atomic mass is 16.5.